The molecule has 0 aliphatic rings. The quantitative estimate of drug-likeness (QED) is 0.210. The summed E-state index contributed by atoms with van der Waals surface area (Å²) in [4.78, 5) is 23.1. The molecule has 0 spiro atoms. The van der Waals surface area contributed by atoms with Gasteiger partial charge in [0.1, 0.15) is 6.04 Å². The lowest BCUT2D eigenvalue weighted by molar-refractivity contribution is -0.143. The molecule has 0 fully saturated rings. The van der Waals surface area contributed by atoms with Crippen molar-refractivity contribution in [3.63, 3.8) is 0 Å². The Kier molecular flexibility index (Phi) is 18.4. The summed E-state index contributed by atoms with van der Waals surface area (Å²) in [5, 5.41) is 11.8. The van der Waals surface area contributed by atoms with Gasteiger partial charge in [0, 0.05) is 6.42 Å². The first kappa shape index (κ1) is 27.6. The molecule has 0 aromatic rings. The van der Waals surface area contributed by atoms with Gasteiger partial charge in [-0.15, -0.1) is 0 Å². The lowest BCUT2D eigenvalue weighted by atomic mass is 9.99. The fourth-order valence-corrected chi connectivity index (χ4v) is 2.68. The number of unbranched alkanes of at least 4 members (excludes halogenated alkanes) is 1. The Balaban J connectivity index is 3.79. The third-order valence-electron chi connectivity index (χ3n) is 4.73. The Morgan fingerprint density at radius 3 is 1.70 bits per heavy atom. The van der Waals surface area contributed by atoms with Crippen LogP contribution in [-0.2, 0) is 9.59 Å². The number of aliphatic carboxylic acids is 1. The Morgan fingerprint density at radius 1 is 0.800 bits per heavy atom. The van der Waals surface area contributed by atoms with E-state index >= 15 is 0 Å². The third-order valence-corrected chi connectivity index (χ3v) is 4.73. The van der Waals surface area contributed by atoms with Gasteiger partial charge in [-0.1, -0.05) is 88.0 Å². The summed E-state index contributed by atoms with van der Waals surface area (Å²) < 4.78 is 0. The van der Waals surface area contributed by atoms with Gasteiger partial charge in [0.2, 0.25) is 5.91 Å². The first-order valence-electron chi connectivity index (χ1n) is 11.3. The van der Waals surface area contributed by atoms with Crippen molar-refractivity contribution < 1.29 is 14.7 Å². The highest BCUT2D eigenvalue weighted by Crippen LogP contribution is 2.09. The van der Waals surface area contributed by atoms with Gasteiger partial charge < -0.3 is 10.4 Å². The molecule has 4 heteroatoms. The molecule has 0 aromatic heterocycles. The van der Waals surface area contributed by atoms with E-state index in [0.717, 1.165) is 51.4 Å². The van der Waals surface area contributed by atoms with E-state index in [2.05, 4.69) is 73.0 Å². The first-order chi connectivity index (χ1) is 14.5. The van der Waals surface area contributed by atoms with Crippen LogP contribution < -0.4 is 5.32 Å². The predicted molar refractivity (Wildman–Crippen MR) is 127 cm³/mol. The molecule has 2 atom stereocenters. The van der Waals surface area contributed by atoms with E-state index in [9.17, 15) is 14.7 Å². The van der Waals surface area contributed by atoms with Crippen molar-refractivity contribution in [2.75, 3.05) is 0 Å². The molecule has 0 saturated heterocycles. The van der Waals surface area contributed by atoms with Crippen molar-refractivity contribution in [1.29, 1.82) is 0 Å². The van der Waals surface area contributed by atoms with E-state index in [4.69, 9.17) is 0 Å². The highest BCUT2D eigenvalue weighted by Gasteiger charge is 2.24. The van der Waals surface area contributed by atoms with Crippen LogP contribution in [0.2, 0.25) is 0 Å². The number of carbonyl (C=O) groups excluding carboxylic acids is 1. The number of carboxylic acids is 1. The van der Waals surface area contributed by atoms with Gasteiger partial charge in [0.05, 0.1) is 0 Å². The monoisotopic (exact) mass is 415 g/mol. The van der Waals surface area contributed by atoms with Crippen LogP contribution in [0, 0.1) is 5.92 Å². The Labute approximate surface area is 183 Å². The van der Waals surface area contributed by atoms with Gasteiger partial charge in [0.25, 0.3) is 0 Å². The van der Waals surface area contributed by atoms with Gasteiger partial charge in [0.15, 0.2) is 0 Å². The first-order valence-corrected chi connectivity index (χ1v) is 11.3. The van der Waals surface area contributed by atoms with E-state index < -0.39 is 12.0 Å². The van der Waals surface area contributed by atoms with Crippen LogP contribution in [0.1, 0.15) is 78.6 Å². The molecule has 0 aliphatic heterocycles. The second-order valence-corrected chi connectivity index (χ2v) is 7.37. The molecule has 0 saturated carbocycles. The molecule has 4 nitrogen and oxygen atoms in total. The van der Waals surface area contributed by atoms with Gasteiger partial charge in [-0.05, 0) is 50.9 Å². The topological polar surface area (TPSA) is 66.4 Å². The Hall–Kier alpha value is -2.36. The SMILES string of the molecule is CC/C=C/C/C=C/C/C=C/C/C=C/C/C=C/CCCC(=O)NC(C(=O)O)C(C)CC. The molecular weight excluding hydrogens is 374 g/mol. The van der Waals surface area contributed by atoms with Gasteiger partial charge in [-0.2, -0.15) is 0 Å². The molecule has 0 bridgehead atoms. The van der Waals surface area contributed by atoms with Crippen LogP contribution in [0.3, 0.4) is 0 Å². The molecule has 0 aromatic carbocycles. The average molecular weight is 416 g/mol. The number of carboxylic acid groups (broad SMARTS) is 1. The summed E-state index contributed by atoms with van der Waals surface area (Å²) in [6, 6.07) is -0.795. The van der Waals surface area contributed by atoms with Crippen LogP contribution in [0.25, 0.3) is 0 Å². The van der Waals surface area contributed by atoms with Crippen molar-refractivity contribution in [1.82, 2.24) is 5.32 Å². The summed E-state index contributed by atoms with van der Waals surface area (Å²) in [5.41, 5.74) is 0. The van der Waals surface area contributed by atoms with E-state index in [1.165, 1.54) is 0 Å². The maximum atomic E-state index is 11.9. The highest BCUT2D eigenvalue weighted by atomic mass is 16.4. The van der Waals surface area contributed by atoms with Crippen LogP contribution >= 0.6 is 0 Å². The Bertz CT molecular complexity index is 599. The molecule has 168 valence electrons. The minimum atomic E-state index is -0.962. The summed E-state index contributed by atoms with van der Waals surface area (Å²) in [6.07, 6.45) is 29.1. The molecule has 30 heavy (non-hydrogen) atoms. The van der Waals surface area contributed by atoms with Crippen molar-refractivity contribution in [3.8, 4) is 0 Å². The molecule has 0 rings (SSSR count). The normalized spacial score (nSPS) is 14.5. The average Bonchev–Trinajstić information content (AvgIpc) is 2.73. The van der Waals surface area contributed by atoms with E-state index in [1.54, 1.807) is 0 Å². The maximum absolute atomic E-state index is 11.9. The maximum Gasteiger partial charge on any atom is 0.326 e. The third kappa shape index (κ3) is 16.6. The summed E-state index contributed by atoms with van der Waals surface area (Å²) >= 11 is 0. The van der Waals surface area contributed by atoms with Gasteiger partial charge >= 0.3 is 5.97 Å². The van der Waals surface area contributed by atoms with Crippen LogP contribution in [0.5, 0.6) is 0 Å². The lowest BCUT2D eigenvalue weighted by Gasteiger charge is -2.19. The molecule has 1 amide bonds. The molecule has 0 radical (unpaired) electrons. The van der Waals surface area contributed by atoms with Crippen molar-refractivity contribution >= 4 is 11.9 Å². The van der Waals surface area contributed by atoms with E-state index in [0.29, 0.717) is 6.42 Å². The summed E-state index contributed by atoms with van der Waals surface area (Å²) in [5.74, 6) is -1.22. The fourth-order valence-electron chi connectivity index (χ4n) is 2.68. The van der Waals surface area contributed by atoms with Crippen molar-refractivity contribution in [3.05, 3.63) is 60.8 Å². The van der Waals surface area contributed by atoms with Crippen LogP contribution in [0.15, 0.2) is 60.8 Å². The highest BCUT2D eigenvalue weighted by molar-refractivity contribution is 5.83. The van der Waals surface area contributed by atoms with Gasteiger partial charge in [-0.3, -0.25) is 4.79 Å². The molecular formula is C26H41NO3. The Morgan fingerprint density at radius 2 is 1.27 bits per heavy atom. The standard InChI is InChI=1S/C26H41NO3/c1-4-6-7-8-9-10-11-12-13-14-15-16-17-18-19-20-21-22-24(28)27-25(26(29)30)23(3)5-2/h6-7,9-10,12-13,15-16,18-19,23,25H,4-5,8,11,14,17,20-22H2,1-3H3,(H,27,28)(H,29,30)/b7-6+,10-9+,13-12+,16-15+,19-18+. The number of carbonyl (C=O) groups is 2. The number of allylic oxidation sites excluding steroid dienone is 10. The molecule has 2 N–H and O–H groups in total. The minimum Gasteiger partial charge on any atom is -0.480 e. The van der Waals surface area contributed by atoms with Crippen molar-refractivity contribution in [2.24, 2.45) is 5.92 Å². The van der Waals surface area contributed by atoms with Crippen LogP contribution in [0.4, 0.5) is 0 Å². The largest absolute Gasteiger partial charge is 0.480 e. The predicted octanol–water partition coefficient (Wildman–Crippen LogP) is 6.52. The zero-order valence-electron chi connectivity index (χ0n) is 19.1. The second kappa shape index (κ2) is 19.9. The lowest BCUT2D eigenvalue weighted by Crippen LogP contribution is -2.44. The van der Waals surface area contributed by atoms with Crippen LogP contribution in [-0.4, -0.2) is 23.0 Å². The number of rotatable bonds is 17. The van der Waals surface area contributed by atoms with Crippen molar-refractivity contribution in [2.45, 2.75) is 84.6 Å². The number of hydrogen-bond donors (Lipinski definition) is 2. The number of nitrogens with one attached hydrogen (secondary N) is 1. The number of amides is 1. The van der Waals surface area contributed by atoms with Gasteiger partial charge in [-0.25, -0.2) is 4.79 Å². The zero-order chi connectivity index (χ0) is 22.5. The summed E-state index contributed by atoms with van der Waals surface area (Å²) in [7, 11) is 0. The summed E-state index contributed by atoms with van der Waals surface area (Å²) in [6.45, 7) is 5.91. The zero-order valence-corrected chi connectivity index (χ0v) is 19.1. The minimum absolute atomic E-state index is 0.0718. The van der Waals surface area contributed by atoms with E-state index in [1.807, 2.05) is 13.8 Å². The van der Waals surface area contributed by atoms with E-state index in [-0.39, 0.29) is 11.8 Å². The smallest absolute Gasteiger partial charge is 0.326 e. The molecule has 0 heterocycles. The fraction of sp³-hybridized carbons (Fsp3) is 0.538. The second-order valence-electron chi connectivity index (χ2n) is 7.37. The number of hydrogen-bond acceptors (Lipinski definition) is 2. The molecule has 0 aliphatic carbocycles. The molecule has 2 unspecified atom stereocenters.